The molecule has 1 aliphatic carbocycles. The molecule has 1 heterocycles. The number of carbonyl (C=O) groups excluding carboxylic acids is 1. The van der Waals surface area contributed by atoms with E-state index in [-0.39, 0.29) is 12.5 Å². The molecule has 0 unspecified atom stereocenters. The van der Waals surface area contributed by atoms with Gasteiger partial charge in [0.15, 0.2) is 6.61 Å². The number of pyridine rings is 1. The van der Waals surface area contributed by atoms with Gasteiger partial charge in [-0.05, 0) is 55.5 Å². The molecule has 1 saturated carbocycles. The molecule has 24 heavy (non-hydrogen) atoms. The summed E-state index contributed by atoms with van der Waals surface area (Å²) >= 11 is 0. The zero-order chi connectivity index (χ0) is 16.8. The second kappa shape index (κ2) is 7.95. The number of nitrogens with one attached hydrogen (secondary N) is 1. The number of benzene rings is 1. The molecule has 0 saturated heterocycles. The van der Waals surface area contributed by atoms with Gasteiger partial charge in [-0.3, -0.25) is 4.79 Å². The molecule has 3 rings (SSSR count). The van der Waals surface area contributed by atoms with Crippen LogP contribution in [0.3, 0.4) is 0 Å². The minimum absolute atomic E-state index is 0.0155. The molecular weight excluding hydrogens is 300 g/mol. The lowest BCUT2D eigenvalue weighted by Gasteiger charge is -2.22. The Morgan fingerprint density at radius 3 is 2.58 bits per heavy atom. The number of anilines is 1. The Bertz CT molecular complexity index is 676. The molecule has 1 aromatic carbocycles. The van der Waals surface area contributed by atoms with Gasteiger partial charge in [-0.15, -0.1) is 0 Å². The highest BCUT2D eigenvalue weighted by Crippen LogP contribution is 2.33. The van der Waals surface area contributed by atoms with Crippen molar-refractivity contribution in [3.05, 3.63) is 53.7 Å². The second-order valence-electron chi connectivity index (χ2n) is 6.41. The largest absolute Gasteiger partial charge is 0.484 e. The highest BCUT2D eigenvalue weighted by atomic mass is 16.5. The van der Waals surface area contributed by atoms with Crippen LogP contribution in [0, 0.1) is 6.92 Å². The van der Waals surface area contributed by atoms with Crippen LogP contribution in [0.4, 0.5) is 5.82 Å². The number of hydrogen-bond acceptors (Lipinski definition) is 3. The van der Waals surface area contributed by atoms with E-state index in [0.29, 0.717) is 11.7 Å². The summed E-state index contributed by atoms with van der Waals surface area (Å²) in [5.41, 5.74) is 2.25. The first kappa shape index (κ1) is 16.5. The van der Waals surface area contributed by atoms with E-state index in [0.717, 1.165) is 11.4 Å². The minimum Gasteiger partial charge on any atom is -0.484 e. The van der Waals surface area contributed by atoms with Gasteiger partial charge in [-0.1, -0.05) is 37.5 Å². The SMILES string of the molecule is Cc1cccc(NC(=O)COc2ccc(C3CCCCC3)cc2)n1. The zero-order valence-corrected chi connectivity index (χ0v) is 14.1. The van der Waals surface area contributed by atoms with Crippen LogP contribution >= 0.6 is 0 Å². The summed E-state index contributed by atoms with van der Waals surface area (Å²) in [5.74, 6) is 1.76. The van der Waals surface area contributed by atoms with Gasteiger partial charge >= 0.3 is 0 Å². The first-order chi connectivity index (χ1) is 11.7. The van der Waals surface area contributed by atoms with Crippen molar-refractivity contribution in [1.82, 2.24) is 4.98 Å². The van der Waals surface area contributed by atoms with Gasteiger partial charge in [0.2, 0.25) is 0 Å². The summed E-state index contributed by atoms with van der Waals surface area (Å²) in [7, 11) is 0. The van der Waals surface area contributed by atoms with Crippen molar-refractivity contribution in [1.29, 1.82) is 0 Å². The predicted octanol–water partition coefficient (Wildman–Crippen LogP) is 4.46. The topological polar surface area (TPSA) is 51.2 Å². The van der Waals surface area contributed by atoms with Crippen molar-refractivity contribution >= 4 is 11.7 Å². The fourth-order valence-corrected chi connectivity index (χ4v) is 3.21. The lowest BCUT2D eigenvalue weighted by molar-refractivity contribution is -0.118. The number of hydrogen-bond donors (Lipinski definition) is 1. The van der Waals surface area contributed by atoms with Crippen molar-refractivity contribution in [3.63, 3.8) is 0 Å². The number of nitrogens with zero attached hydrogens (tertiary/aromatic N) is 1. The molecule has 0 atom stereocenters. The van der Waals surface area contributed by atoms with Crippen molar-refractivity contribution in [2.75, 3.05) is 11.9 Å². The van der Waals surface area contributed by atoms with E-state index in [4.69, 9.17) is 4.74 Å². The van der Waals surface area contributed by atoms with E-state index in [2.05, 4.69) is 22.4 Å². The smallest absolute Gasteiger partial charge is 0.263 e. The summed E-state index contributed by atoms with van der Waals surface area (Å²) in [6.45, 7) is 1.87. The third kappa shape index (κ3) is 4.57. The normalized spacial score (nSPS) is 15.0. The van der Waals surface area contributed by atoms with E-state index < -0.39 is 0 Å². The van der Waals surface area contributed by atoms with E-state index in [1.807, 2.05) is 31.2 Å². The summed E-state index contributed by atoms with van der Waals surface area (Å²) < 4.78 is 5.57. The minimum atomic E-state index is -0.204. The van der Waals surface area contributed by atoms with Gasteiger partial charge in [0.25, 0.3) is 5.91 Å². The number of carbonyl (C=O) groups is 1. The average molecular weight is 324 g/mol. The van der Waals surface area contributed by atoms with Crippen LogP contribution in [0.2, 0.25) is 0 Å². The van der Waals surface area contributed by atoms with Crippen LogP contribution in [0.5, 0.6) is 5.75 Å². The van der Waals surface area contributed by atoms with Crippen molar-refractivity contribution in [2.24, 2.45) is 0 Å². The molecule has 0 spiro atoms. The fraction of sp³-hybridized carbons (Fsp3) is 0.400. The maximum Gasteiger partial charge on any atom is 0.263 e. The van der Waals surface area contributed by atoms with Gasteiger partial charge in [0, 0.05) is 5.69 Å². The van der Waals surface area contributed by atoms with Crippen LogP contribution < -0.4 is 10.1 Å². The first-order valence-corrected chi connectivity index (χ1v) is 8.67. The molecule has 2 aromatic rings. The number of rotatable bonds is 5. The van der Waals surface area contributed by atoms with E-state index in [9.17, 15) is 4.79 Å². The molecule has 4 heteroatoms. The molecule has 1 amide bonds. The summed E-state index contributed by atoms with van der Waals surface area (Å²) in [5, 5.41) is 2.74. The van der Waals surface area contributed by atoms with Crippen LogP contribution in [0.25, 0.3) is 0 Å². The highest BCUT2D eigenvalue weighted by molar-refractivity contribution is 5.90. The third-order valence-electron chi connectivity index (χ3n) is 4.48. The van der Waals surface area contributed by atoms with E-state index in [1.165, 1.54) is 37.7 Å². The molecule has 0 radical (unpaired) electrons. The van der Waals surface area contributed by atoms with Crippen molar-refractivity contribution in [2.45, 2.75) is 44.9 Å². The van der Waals surface area contributed by atoms with Gasteiger partial charge in [0.1, 0.15) is 11.6 Å². The molecule has 4 nitrogen and oxygen atoms in total. The molecule has 1 fully saturated rings. The highest BCUT2D eigenvalue weighted by Gasteiger charge is 2.15. The van der Waals surface area contributed by atoms with Crippen LogP contribution in [-0.2, 0) is 4.79 Å². The second-order valence-corrected chi connectivity index (χ2v) is 6.41. The maximum absolute atomic E-state index is 11.9. The Morgan fingerprint density at radius 2 is 1.88 bits per heavy atom. The maximum atomic E-state index is 11.9. The Labute approximate surface area is 143 Å². The fourth-order valence-electron chi connectivity index (χ4n) is 3.21. The Kier molecular flexibility index (Phi) is 5.47. The van der Waals surface area contributed by atoms with Gasteiger partial charge < -0.3 is 10.1 Å². The molecule has 126 valence electrons. The Morgan fingerprint density at radius 1 is 1.12 bits per heavy atom. The standard InChI is InChI=1S/C20H24N2O2/c1-15-6-5-9-19(21-15)22-20(23)14-24-18-12-10-17(11-13-18)16-7-3-2-4-8-16/h5-6,9-13,16H,2-4,7-8,14H2,1H3,(H,21,22,23). The van der Waals surface area contributed by atoms with Gasteiger partial charge in [0.05, 0.1) is 0 Å². The van der Waals surface area contributed by atoms with Crippen molar-refractivity contribution < 1.29 is 9.53 Å². The summed E-state index contributed by atoms with van der Waals surface area (Å²) in [6.07, 6.45) is 6.59. The lowest BCUT2D eigenvalue weighted by atomic mass is 9.84. The predicted molar refractivity (Wildman–Crippen MR) is 95.4 cm³/mol. The molecular formula is C20H24N2O2. The Balaban J connectivity index is 1.50. The number of ether oxygens (including phenoxy) is 1. The van der Waals surface area contributed by atoms with Crippen molar-refractivity contribution in [3.8, 4) is 5.75 Å². The van der Waals surface area contributed by atoms with Gasteiger partial charge in [-0.25, -0.2) is 4.98 Å². The number of aryl methyl sites for hydroxylation is 1. The van der Waals surface area contributed by atoms with E-state index in [1.54, 1.807) is 6.07 Å². The lowest BCUT2D eigenvalue weighted by Crippen LogP contribution is -2.20. The summed E-state index contributed by atoms with van der Waals surface area (Å²) in [4.78, 5) is 16.2. The average Bonchev–Trinajstić information content (AvgIpc) is 2.61. The number of amides is 1. The van der Waals surface area contributed by atoms with Crippen LogP contribution in [0.15, 0.2) is 42.5 Å². The first-order valence-electron chi connectivity index (χ1n) is 8.67. The molecule has 1 aromatic heterocycles. The summed E-state index contributed by atoms with van der Waals surface area (Å²) in [6, 6.07) is 13.7. The molecule has 0 aliphatic heterocycles. The molecule has 1 N–H and O–H groups in total. The van der Waals surface area contributed by atoms with Gasteiger partial charge in [-0.2, -0.15) is 0 Å². The van der Waals surface area contributed by atoms with Crippen LogP contribution in [-0.4, -0.2) is 17.5 Å². The monoisotopic (exact) mass is 324 g/mol. The van der Waals surface area contributed by atoms with E-state index >= 15 is 0 Å². The zero-order valence-electron chi connectivity index (χ0n) is 14.1. The number of aromatic nitrogens is 1. The molecule has 1 aliphatic rings. The quantitative estimate of drug-likeness (QED) is 0.883. The third-order valence-corrected chi connectivity index (χ3v) is 4.48. The molecule has 0 bridgehead atoms. The van der Waals surface area contributed by atoms with Crippen LogP contribution in [0.1, 0.15) is 49.3 Å². The Hall–Kier alpha value is -2.36.